The highest BCUT2D eigenvalue weighted by Crippen LogP contribution is 2.44. The normalized spacial score (nSPS) is 23.9. The molecule has 1 spiro atoms. The van der Waals surface area contributed by atoms with Crippen LogP contribution in [0.3, 0.4) is 0 Å². The lowest BCUT2D eigenvalue weighted by Crippen LogP contribution is -2.41. The largest absolute Gasteiger partial charge is 0.487 e. The Bertz CT molecular complexity index is 1370. The lowest BCUT2D eigenvalue weighted by Gasteiger charge is -2.41. The molecule has 2 heterocycles. The molecular formula is C33H44N2O6. The summed E-state index contributed by atoms with van der Waals surface area (Å²) < 4.78 is 18.3. The Morgan fingerprint density at radius 1 is 0.976 bits per heavy atom. The van der Waals surface area contributed by atoms with E-state index in [2.05, 4.69) is 16.5 Å². The van der Waals surface area contributed by atoms with Crippen LogP contribution in [0, 0.1) is 11.8 Å². The fourth-order valence-electron chi connectivity index (χ4n) is 7.23. The van der Waals surface area contributed by atoms with Gasteiger partial charge in [-0.15, -0.1) is 0 Å². The van der Waals surface area contributed by atoms with Gasteiger partial charge in [-0.2, -0.15) is 0 Å². The number of aryl methyl sites for hydroxylation is 2. The van der Waals surface area contributed by atoms with Gasteiger partial charge in [0.2, 0.25) is 0 Å². The number of ether oxygens (including phenoxy) is 2. The molecule has 222 valence electrons. The molecule has 8 heteroatoms. The number of nitrogens with one attached hydrogen (secondary N) is 1. The van der Waals surface area contributed by atoms with Crippen LogP contribution in [0.4, 0.5) is 4.79 Å². The zero-order valence-corrected chi connectivity index (χ0v) is 24.8. The van der Waals surface area contributed by atoms with Crippen LogP contribution in [0.1, 0.15) is 108 Å². The first-order valence-corrected chi connectivity index (χ1v) is 15.7. The van der Waals surface area contributed by atoms with Gasteiger partial charge in [0, 0.05) is 23.6 Å². The third-order valence-electron chi connectivity index (χ3n) is 9.44. The van der Waals surface area contributed by atoms with Gasteiger partial charge in [0.1, 0.15) is 22.5 Å². The molecule has 1 N–H and O–H groups in total. The van der Waals surface area contributed by atoms with Crippen LogP contribution in [0.5, 0.6) is 5.75 Å². The average Bonchev–Trinajstić information content (AvgIpc) is 3.44. The number of benzene rings is 1. The SMILES string of the molecule is CC(C)(C)OC(=O)NCC1CCC(C(=O)O/N=c2/oc3cc4c(cc3c3c2CCC3)CCC2(CCCCC2)O4)CC1. The summed E-state index contributed by atoms with van der Waals surface area (Å²) in [7, 11) is 0. The molecule has 1 amide bonds. The summed E-state index contributed by atoms with van der Waals surface area (Å²) in [4.78, 5) is 30.4. The van der Waals surface area contributed by atoms with Crippen molar-refractivity contribution in [1.82, 2.24) is 5.32 Å². The van der Waals surface area contributed by atoms with E-state index in [-0.39, 0.29) is 17.5 Å². The quantitative estimate of drug-likeness (QED) is 0.330. The standard InChI is InChI=1S/C33H44N2O6/c1-32(2,3)40-31(37)34-20-21-10-12-22(13-11-21)30(36)41-35-29-25-9-7-8-24(25)26-18-23-14-17-33(15-5-4-6-16-33)39-27(23)19-28(26)38-29/h18-19,21-22H,4-17,20H2,1-3H3,(H,34,37)/b35-29+. The highest BCUT2D eigenvalue weighted by molar-refractivity contribution is 5.84. The molecule has 1 aromatic carbocycles. The van der Waals surface area contributed by atoms with Crippen molar-refractivity contribution < 1.29 is 28.3 Å². The van der Waals surface area contributed by atoms with Gasteiger partial charge in [-0.25, -0.2) is 9.59 Å². The predicted molar refractivity (Wildman–Crippen MR) is 154 cm³/mol. The first-order chi connectivity index (χ1) is 19.7. The van der Waals surface area contributed by atoms with E-state index in [4.69, 9.17) is 18.7 Å². The Morgan fingerprint density at radius 2 is 1.73 bits per heavy atom. The lowest BCUT2D eigenvalue weighted by molar-refractivity contribution is -0.150. The number of hydrogen-bond donors (Lipinski definition) is 1. The predicted octanol–water partition coefficient (Wildman–Crippen LogP) is 6.64. The van der Waals surface area contributed by atoms with E-state index in [1.54, 1.807) is 0 Å². The van der Waals surface area contributed by atoms with Crippen molar-refractivity contribution >= 4 is 23.0 Å². The van der Waals surface area contributed by atoms with Crippen molar-refractivity contribution in [2.75, 3.05) is 6.54 Å². The topological polar surface area (TPSA) is 99.4 Å². The molecule has 0 radical (unpaired) electrons. The van der Waals surface area contributed by atoms with Gasteiger partial charge in [0.15, 0.2) is 0 Å². The first-order valence-electron chi connectivity index (χ1n) is 15.7. The van der Waals surface area contributed by atoms with Crippen LogP contribution in [-0.4, -0.2) is 29.8 Å². The van der Waals surface area contributed by atoms with Crippen LogP contribution in [-0.2, 0) is 33.6 Å². The highest BCUT2D eigenvalue weighted by atomic mass is 16.7. The van der Waals surface area contributed by atoms with Crippen LogP contribution in [0.25, 0.3) is 11.0 Å². The summed E-state index contributed by atoms with van der Waals surface area (Å²) in [5.74, 6) is 0.757. The van der Waals surface area contributed by atoms with Crippen molar-refractivity contribution in [1.29, 1.82) is 0 Å². The van der Waals surface area contributed by atoms with E-state index < -0.39 is 11.7 Å². The summed E-state index contributed by atoms with van der Waals surface area (Å²) in [5, 5.41) is 8.28. The van der Waals surface area contributed by atoms with Gasteiger partial charge in [-0.3, -0.25) is 0 Å². The maximum absolute atomic E-state index is 13.0. The van der Waals surface area contributed by atoms with Crippen LogP contribution >= 0.6 is 0 Å². The molecule has 1 aliphatic heterocycles. The fourth-order valence-corrected chi connectivity index (χ4v) is 7.23. The van der Waals surface area contributed by atoms with E-state index in [1.807, 2.05) is 26.8 Å². The molecular weight excluding hydrogens is 520 g/mol. The molecule has 6 rings (SSSR count). The van der Waals surface area contributed by atoms with Crippen molar-refractivity contribution in [3.63, 3.8) is 0 Å². The summed E-state index contributed by atoms with van der Waals surface area (Å²) in [5.41, 5.74) is 4.22. The van der Waals surface area contributed by atoms with Gasteiger partial charge in [-0.1, -0.05) is 6.42 Å². The second-order valence-corrected chi connectivity index (χ2v) is 13.6. The minimum Gasteiger partial charge on any atom is -0.487 e. The van der Waals surface area contributed by atoms with E-state index in [0.717, 1.165) is 80.1 Å². The van der Waals surface area contributed by atoms with Gasteiger partial charge < -0.3 is 24.0 Å². The highest BCUT2D eigenvalue weighted by Gasteiger charge is 2.38. The zero-order chi connectivity index (χ0) is 28.6. The van der Waals surface area contributed by atoms with Crippen molar-refractivity contribution in [3.05, 3.63) is 34.4 Å². The second-order valence-electron chi connectivity index (χ2n) is 13.6. The van der Waals surface area contributed by atoms with Crippen LogP contribution in [0.2, 0.25) is 0 Å². The monoisotopic (exact) mass is 564 g/mol. The number of amides is 1. The van der Waals surface area contributed by atoms with Crippen LogP contribution in [0.15, 0.2) is 21.7 Å². The molecule has 0 unspecified atom stereocenters. The van der Waals surface area contributed by atoms with Gasteiger partial charge >= 0.3 is 12.1 Å². The molecule has 2 saturated carbocycles. The molecule has 4 aliphatic rings. The molecule has 0 atom stereocenters. The smallest absolute Gasteiger partial charge is 0.407 e. The number of alkyl carbamates (subject to hydrolysis) is 1. The maximum Gasteiger partial charge on any atom is 0.407 e. The maximum atomic E-state index is 13.0. The van der Waals surface area contributed by atoms with E-state index >= 15 is 0 Å². The van der Waals surface area contributed by atoms with Crippen LogP contribution < -0.4 is 15.6 Å². The Kier molecular flexibility index (Phi) is 7.77. The van der Waals surface area contributed by atoms with E-state index in [9.17, 15) is 9.59 Å². The summed E-state index contributed by atoms with van der Waals surface area (Å²) in [6, 6.07) is 4.31. The Balaban J connectivity index is 1.12. The Morgan fingerprint density at radius 3 is 2.49 bits per heavy atom. The van der Waals surface area contributed by atoms with Crippen molar-refractivity contribution in [2.45, 2.75) is 122 Å². The molecule has 2 aromatic rings. The molecule has 2 fully saturated rings. The van der Waals surface area contributed by atoms with Gasteiger partial charge in [0.25, 0.3) is 5.55 Å². The fraction of sp³-hybridized carbons (Fsp3) is 0.667. The van der Waals surface area contributed by atoms with Gasteiger partial charge in [0.05, 0.1) is 5.92 Å². The average molecular weight is 565 g/mol. The minimum atomic E-state index is -0.516. The summed E-state index contributed by atoms with van der Waals surface area (Å²) >= 11 is 0. The minimum absolute atomic E-state index is 0.0246. The second kappa shape index (κ2) is 11.3. The number of nitrogens with zero attached hydrogens (tertiary/aromatic N) is 1. The molecule has 3 aliphatic carbocycles. The molecule has 41 heavy (non-hydrogen) atoms. The Labute approximate surface area is 242 Å². The van der Waals surface area contributed by atoms with E-state index in [0.29, 0.717) is 30.9 Å². The van der Waals surface area contributed by atoms with Crippen molar-refractivity contribution in [2.24, 2.45) is 17.0 Å². The number of carbonyl (C=O) groups is 2. The van der Waals surface area contributed by atoms with Gasteiger partial charge in [-0.05, 0) is 133 Å². The third kappa shape index (κ3) is 6.26. The Hall–Kier alpha value is -3.03. The number of carbonyl (C=O) groups excluding carboxylic acids is 2. The number of fused-ring (bicyclic) bond motifs is 4. The molecule has 0 bridgehead atoms. The summed E-state index contributed by atoms with van der Waals surface area (Å²) in [6.45, 7) is 6.10. The number of rotatable bonds is 4. The van der Waals surface area contributed by atoms with Crippen molar-refractivity contribution in [3.8, 4) is 5.75 Å². The third-order valence-corrected chi connectivity index (χ3v) is 9.44. The zero-order valence-electron chi connectivity index (χ0n) is 24.8. The van der Waals surface area contributed by atoms with E-state index in [1.165, 1.54) is 30.4 Å². The molecule has 8 nitrogen and oxygen atoms in total. The summed E-state index contributed by atoms with van der Waals surface area (Å²) in [6.07, 6.45) is 13.8. The molecule has 0 saturated heterocycles. The number of hydrogen-bond acceptors (Lipinski definition) is 7. The molecule has 1 aromatic heterocycles. The first kappa shape index (κ1) is 28.1. The lowest BCUT2D eigenvalue weighted by atomic mass is 9.79.